The van der Waals surface area contributed by atoms with Gasteiger partial charge >= 0.3 is 5.69 Å². The van der Waals surface area contributed by atoms with Crippen LogP contribution < -0.4 is 16.6 Å². The second-order valence-corrected chi connectivity index (χ2v) is 6.54. The van der Waals surface area contributed by atoms with Crippen molar-refractivity contribution in [2.24, 2.45) is 0 Å². The van der Waals surface area contributed by atoms with Gasteiger partial charge in [0.05, 0.1) is 12.2 Å². The zero-order chi connectivity index (χ0) is 20.1. The number of nitrogens with one attached hydrogen (secondary N) is 1. The topological polar surface area (TPSA) is 86.0 Å². The van der Waals surface area contributed by atoms with Crippen molar-refractivity contribution in [3.05, 3.63) is 92.8 Å². The molecule has 7 nitrogen and oxygen atoms in total. The fourth-order valence-electron chi connectivity index (χ4n) is 2.69. The normalized spacial score (nSPS) is 11.8. The van der Waals surface area contributed by atoms with Crippen molar-refractivity contribution in [1.29, 1.82) is 0 Å². The lowest BCUT2D eigenvalue weighted by Gasteiger charge is -2.14. The number of carbonyl (C=O) groups excluding carboxylic acids is 1. The lowest BCUT2D eigenvalue weighted by molar-refractivity contribution is 0.0929. The fourth-order valence-corrected chi connectivity index (χ4v) is 2.69. The fraction of sp³-hybridized carbons (Fsp3) is 0.238. The summed E-state index contributed by atoms with van der Waals surface area (Å²) in [5.41, 5.74) is -0.352. The standard InChI is InChI=1S/C21H22N4O3/c1-3-15(2)22-19(26)18-20(27)24(14-16-10-6-4-7-11-16)21(28)25(23-18)17-12-8-5-9-13-17/h4-13,15H,3,14H2,1-2H3,(H,22,26)/t15-/m1/s1. The maximum Gasteiger partial charge on any atom is 0.352 e. The summed E-state index contributed by atoms with van der Waals surface area (Å²) in [7, 11) is 0. The molecule has 1 amide bonds. The first-order valence-electron chi connectivity index (χ1n) is 9.15. The summed E-state index contributed by atoms with van der Waals surface area (Å²) < 4.78 is 2.14. The third-order valence-corrected chi connectivity index (χ3v) is 4.45. The van der Waals surface area contributed by atoms with Crippen LogP contribution >= 0.6 is 0 Å². The maximum atomic E-state index is 13.0. The highest BCUT2D eigenvalue weighted by atomic mass is 16.2. The third kappa shape index (κ3) is 4.09. The van der Waals surface area contributed by atoms with E-state index in [2.05, 4.69) is 10.4 Å². The van der Waals surface area contributed by atoms with Crippen molar-refractivity contribution in [2.75, 3.05) is 0 Å². The van der Waals surface area contributed by atoms with Crippen LogP contribution in [0.25, 0.3) is 5.69 Å². The van der Waals surface area contributed by atoms with Crippen molar-refractivity contribution in [3.8, 4) is 5.69 Å². The van der Waals surface area contributed by atoms with Gasteiger partial charge in [-0.05, 0) is 31.0 Å². The molecule has 2 aromatic carbocycles. The molecule has 0 aliphatic heterocycles. The van der Waals surface area contributed by atoms with Gasteiger partial charge in [-0.1, -0.05) is 55.5 Å². The molecule has 0 spiro atoms. The Labute approximate surface area is 162 Å². The van der Waals surface area contributed by atoms with Crippen LogP contribution in [0.3, 0.4) is 0 Å². The zero-order valence-electron chi connectivity index (χ0n) is 15.8. The molecule has 1 heterocycles. The SMILES string of the molecule is CC[C@@H](C)NC(=O)c1nn(-c2ccccc2)c(=O)n(Cc2ccccc2)c1=O. The van der Waals surface area contributed by atoms with Crippen molar-refractivity contribution in [1.82, 2.24) is 19.7 Å². The van der Waals surface area contributed by atoms with E-state index in [1.165, 1.54) is 0 Å². The Hall–Kier alpha value is -3.48. The Morgan fingerprint density at radius 1 is 1.04 bits per heavy atom. The van der Waals surface area contributed by atoms with Crippen LogP contribution in [0.2, 0.25) is 0 Å². The summed E-state index contributed by atoms with van der Waals surface area (Å²) in [5.74, 6) is -0.592. The van der Waals surface area contributed by atoms with E-state index in [1.807, 2.05) is 50.2 Å². The van der Waals surface area contributed by atoms with Gasteiger partial charge in [0.25, 0.3) is 11.5 Å². The molecule has 0 fully saturated rings. The Kier molecular flexibility index (Phi) is 5.84. The van der Waals surface area contributed by atoms with E-state index in [9.17, 15) is 14.4 Å². The van der Waals surface area contributed by atoms with Crippen molar-refractivity contribution in [3.63, 3.8) is 0 Å². The number of para-hydroxylation sites is 1. The van der Waals surface area contributed by atoms with Crippen LogP contribution in [-0.2, 0) is 6.54 Å². The molecule has 0 saturated heterocycles. The minimum Gasteiger partial charge on any atom is -0.348 e. The Morgan fingerprint density at radius 2 is 1.64 bits per heavy atom. The van der Waals surface area contributed by atoms with Crippen LogP contribution in [0, 0.1) is 0 Å². The van der Waals surface area contributed by atoms with Gasteiger partial charge in [-0.3, -0.25) is 14.2 Å². The molecule has 0 radical (unpaired) electrons. The predicted octanol–water partition coefficient (Wildman–Crippen LogP) is 1.97. The molecule has 3 aromatic rings. The third-order valence-electron chi connectivity index (χ3n) is 4.45. The Bertz CT molecular complexity index is 1070. The minimum atomic E-state index is -0.707. The first-order chi connectivity index (χ1) is 13.5. The maximum absolute atomic E-state index is 13.0. The van der Waals surface area contributed by atoms with Crippen molar-refractivity contribution in [2.45, 2.75) is 32.9 Å². The second-order valence-electron chi connectivity index (χ2n) is 6.54. The van der Waals surface area contributed by atoms with Crippen molar-refractivity contribution < 1.29 is 4.79 Å². The lowest BCUT2D eigenvalue weighted by atomic mass is 10.2. The summed E-state index contributed by atoms with van der Waals surface area (Å²) in [6.07, 6.45) is 0.711. The van der Waals surface area contributed by atoms with E-state index in [0.29, 0.717) is 12.1 Å². The van der Waals surface area contributed by atoms with Crippen molar-refractivity contribution >= 4 is 5.91 Å². The van der Waals surface area contributed by atoms with Gasteiger partial charge in [0.1, 0.15) is 0 Å². The van der Waals surface area contributed by atoms with E-state index in [0.717, 1.165) is 14.8 Å². The average molecular weight is 378 g/mol. The highest BCUT2D eigenvalue weighted by Gasteiger charge is 2.21. The molecule has 0 bridgehead atoms. The number of hydrogen-bond acceptors (Lipinski definition) is 4. The van der Waals surface area contributed by atoms with Gasteiger partial charge in [0.15, 0.2) is 0 Å². The second kappa shape index (κ2) is 8.47. The van der Waals surface area contributed by atoms with Crippen LogP contribution in [0.4, 0.5) is 0 Å². The first-order valence-corrected chi connectivity index (χ1v) is 9.15. The van der Waals surface area contributed by atoms with Gasteiger partial charge in [-0.25, -0.2) is 4.79 Å². The summed E-state index contributed by atoms with van der Waals surface area (Å²) in [6, 6.07) is 17.7. The van der Waals surface area contributed by atoms with E-state index in [4.69, 9.17) is 0 Å². The Balaban J connectivity index is 2.17. The van der Waals surface area contributed by atoms with Gasteiger partial charge in [0, 0.05) is 6.04 Å². The monoisotopic (exact) mass is 378 g/mol. The van der Waals surface area contributed by atoms with E-state index >= 15 is 0 Å². The number of aromatic nitrogens is 3. The molecule has 3 rings (SSSR count). The molecular formula is C21H22N4O3. The van der Waals surface area contributed by atoms with Crippen LogP contribution in [-0.4, -0.2) is 26.3 Å². The largest absolute Gasteiger partial charge is 0.352 e. The average Bonchev–Trinajstić information content (AvgIpc) is 2.72. The van der Waals surface area contributed by atoms with Crippen LogP contribution in [0.1, 0.15) is 36.3 Å². The zero-order valence-corrected chi connectivity index (χ0v) is 15.8. The highest BCUT2D eigenvalue weighted by Crippen LogP contribution is 2.04. The molecule has 0 aliphatic rings. The summed E-state index contributed by atoms with van der Waals surface area (Å²) in [6.45, 7) is 3.82. The molecule has 0 unspecified atom stereocenters. The minimum absolute atomic E-state index is 0.0530. The molecule has 0 saturated carbocycles. The van der Waals surface area contributed by atoms with Gasteiger partial charge < -0.3 is 5.32 Å². The van der Waals surface area contributed by atoms with Gasteiger partial charge in [0.2, 0.25) is 5.69 Å². The molecule has 1 aromatic heterocycles. The number of benzene rings is 2. The van der Waals surface area contributed by atoms with E-state index < -0.39 is 17.2 Å². The summed E-state index contributed by atoms with van der Waals surface area (Å²) in [5, 5.41) is 6.84. The van der Waals surface area contributed by atoms with E-state index in [1.54, 1.807) is 24.3 Å². The molecule has 0 aliphatic carbocycles. The first kappa shape index (κ1) is 19.3. The van der Waals surface area contributed by atoms with Crippen LogP contribution in [0.5, 0.6) is 0 Å². The highest BCUT2D eigenvalue weighted by molar-refractivity contribution is 5.91. The Morgan fingerprint density at radius 3 is 2.25 bits per heavy atom. The summed E-state index contributed by atoms with van der Waals surface area (Å²) >= 11 is 0. The van der Waals surface area contributed by atoms with Gasteiger partial charge in [-0.2, -0.15) is 9.78 Å². The number of nitrogens with zero attached hydrogens (tertiary/aromatic N) is 3. The molecule has 1 atom stereocenters. The lowest BCUT2D eigenvalue weighted by Crippen LogP contribution is -2.47. The number of amides is 1. The number of carbonyl (C=O) groups is 1. The molecule has 1 N–H and O–H groups in total. The molecule has 7 heteroatoms. The molecule has 28 heavy (non-hydrogen) atoms. The van der Waals surface area contributed by atoms with Crippen LogP contribution in [0.15, 0.2) is 70.3 Å². The van der Waals surface area contributed by atoms with E-state index in [-0.39, 0.29) is 18.3 Å². The number of rotatable bonds is 6. The summed E-state index contributed by atoms with van der Waals surface area (Å²) in [4.78, 5) is 38.5. The quantitative estimate of drug-likeness (QED) is 0.711. The molecular weight excluding hydrogens is 356 g/mol. The molecule has 144 valence electrons. The predicted molar refractivity (Wildman–Crippen MR) is 107 cm³/mol. The smallest absolute Gasteiger partial charge is 0.348 e. The number of hydrogen-bond donors (Lipinski definition) is 1. The van der Waals surface area contributed by atoms with Gasteiger partial charge in [-0.15, -0.1) is 0 Å².